The van der Waals surface area contributed by atoms with Crippen LogP contribution in [0.3, 0.4) is 0 Å². The molecule has 1 aromatic carbocycles. The van der Waals surface area contributed by atoms with Crippen molar-refractivity contribution in [2.24, 2.45) is 0 Å². The molecule has 0 spiro atoms. The largest absolute Gasteiger partial charge is 0.344 e. The first kappa shape index (κ1) is 10.1. The van der Waals surface area contributed by atoms with Gasteiger partial charge < -0.3 is 18.2 Å². The van der Waals surface area contributed by atoms with Crippen LogP contribution in [0.15, 0.2) is 18.2 Å². The number of rotatable bonds is 1. The SMILES string of the molecule is [CH-]=Cc1[c-]cc(C)cc1.[Y]. The summed E-state index contributed by atoms with van der Waals surface area (Å²) < 4.78 is 0. The Morgan fingerprint density at radius 1 is 1.50 bits per heavy atom. The van der Waals surface area contributed by atoms with Crippen LogP contribution < -0.4 is 0 Å². The zero-order valence-electron chi connectivity index (χ0n) is 5.96. The molecule has 10 heavy (non-hydrogen) atoms. The molecule has 0 aliphatic carbocycles. The molecule has 0 atom stereocenters. The quantitative estimate of drug-likeness (QED) is 0.616. The average molecular weight is 205 g/mol. The molecule has 1 radical (unpaired) electrons. The van der Waals surface area contributed by atoms with Crippen LogP contribution in [0.5, 0.6) is 0 Å². The number of aryl methyl sites for hydroxylation is 1. The smallest absolute Gasteiger partial charge is 0 e. The molecule has 0 unspecified atom stereocenters. The van der Waals surface area contributed by atoms with Crippen molar-refractivity contribution in [2.75, 3.05) is 0 Å². The fourth-order valence-electron chi connectivity index (χ4n) is 0.618. The second-order valence-corrected chi connectivity index (χ2v) is 1.99. The van der Waals surface area contributed by atoms with Gasteiger partial charge in [0.25, 0.3) is 0 Å². The standard InChI is InChI=1S/C9H8.Y/c1-3-9-6-4-8(2)5-7-9;/h1,3-6H,2H3;/q-2;. The van der Waals surface area contributed by atoms with Crippen molar-refractivity contribution in [1.29, 1.82) is 0 Å². The summed E-state index contributed by atoms with van der Waals surface area (Å²) in [4.78, 5) is 0. The molecule has 0 amide bonds. The van der Waals surface area contributed by atoms with E-state index in [1.165, 1.54) is 5.56 Å². The van der Waals surface area contributed by atoms with Crippen LogP contribution in [0.25, 0.3) is 6.08 Å². The minimum absolute atomic E-state index is 0. The van der Waals surface area contributed by atoms with E-state index in [0.29, 0.717) is 0 Å². The molecule has 0 aliphatic heterocycles. The number of hydrogen-bond donors (Lipinski definition) is 0. The first-order valence-corrected chi connectivity index (χ1v) is 2.86. The van der Waals surface area contributed by atoms with Gasteiger partial charge in [0.05, 0.1) is 0 Å². The Kier molecular flexibility index (Phi) is 4.85. The van der Waals surface area contributed by atoms with Crippen molar-refractivity contribution in [3.05, 3.63) is 42.0 Å². The van der Waals surface area contributed by atoms with E-state index in [2.05, 4.69) is 6.07 Å². The van der Waals surface area contributed by atoms with E-state index >= 15 is 0 Å². The second-order valence-electron chi connectivity index (χ2n) is 1.99. The normalized spacial score (nSPS) is 8.10. The van der Waals surface area contributed by atoms with Gasteiger partial charge in [0, 0.05) is 32.7 Å². The Labute approximate surface area is 87.2 Å². The Bertz CT molecular complexity index is 198. The molecule has 0 saturated heterocycles. The van der Waals surface area contributed by atoms with Crippen LogP contribution in [-0.4, -0.2) is 0 Å². The maximum absolute atomic E-state index is 5.24. The van der Waals surface area contributed by atoms with Crippen LogP contribution in [0.1, 0.15) is 11.1 Å². The summed E-state index contributed by atoms with van der Waals surface area (Å²) >= 11 is 0. The summed E-state index contributed by atoms with van der Waals surface area (Å²) in [6.45, 7) is 7.27. The molecular formula is C9H8Y-2. The number of hydrogen-bond acceptors (Lipinski definition) is 0. The molecule has 0 aliphatic rings. The van der Waals surface area contributed by atoms with Gasteiger partial charge in [0.1, 0.15) is 0 Å². The maximum atomic E-state index is 5.24. The molecule has 1 heteroatoms. The van der Waals surface area contributed by atoms with Crippen molar-refractivity contribution >= 4 is 6.08 Å². The zero-order chi connectivity index (χ0) is 6.69. The molecule has 0 aromatic heterocycles. The third-order valence-corrected chi connectivity index (χ3v) is 1.17. The Morgan fingerprint density at radius 3 is 2.60 bits per heavy atom. The first-order valence-electron chi connectivity index (χ1n) is 2.86. The van der Waals surface area contributed by atoms with Crippen LogP contribution >= 0.6 is 0 Å². The summed E-state index contributed by atoms with van der Waals surface area (Å²) in [5, 5.41) is 0. The van der Waals surface area contributed by atoms with Gasteiger partial charge >= 0.3 is 0 Å². The molecule has 0 fully saturated rings. The molecule has 0 nitrogen and oxygen atoms in total. The van der Waals surface area contributed by atoms with E-state index in [0.717, 1.165) is 5.56 Å². The van der Waals surface area contributed by atoms with Gasteiger partial charge in [-0.2, -0.15) is 12.1 Å². The third-order valence-electron chi connectivity index (χ3n) is 1.17. The number of benzene rings is 1. The van der Waals surface area contributed by atoms with Crippen LogP contribution in [-0.2, 0) is 32.7 Å². The zero-order valence-corrected chi connectivity index (χ0v) is 8.80. The topological polar surface area (TPSA) is 0 Å². The molecule has 0 N–H and O–H groups in total. The summed E-state index contributed by atoms with van der Waals surface area (Å²) in [5.41, 5.74) is 2.15. The van der Waals surface area contributed by atoms with Crippen molar-refractivity contribution in [3.63, 3.8) is 0 Å². The van der Waals surface area contributed by atoms with Crippen LogP contribution in [0.2, 0.25) is 0 Å². The van der Waals surface area contributed by atoms with Crippen molar-refractivity contribution in [1.82, 2.24) is 0 Å². The van der Waals surface area contributed by atoms with Gasteiger partial charge in [-0.05, 0) is 0 Å². The summed E-state index contributed by atoms with van der Waals surface area (Å²) in [6, 6.07) is 8.87. The predicted molar refractivity (Wildman–Crippen MR) is 38.8 cm³/mol. The minimum atomic E-state index is 0. The van der Waals surface area contributed by atoms with Crippen molar-refractivity contribution < 1.29 is 32.7 Å². The van der Waals surface area contributed by atoms with Gasteiger partial charge in [0.2, 0.25) is 0 Å². The summed E-state index contributed by atoms with van der Waals surface area (Å²) in [7, 11) is 0. The molecule has 1 aromatic rings. The van der Waals surface area contributed by atoms with E-state index < -0.39 is 0 Å². The van der Waals surface area contributed by atoms with Gasteiger partial charge in [-0.1, -0.05) is 6.92 Å². The summed E-state index contributed by atoms with van der Waals surface area (Å²) in [5.74, 6) is 0. The van der Waals surface area contributed by atoms with Gasteiger partial charge in [-0.25, -0.2) is 12.1 Å². The first-order chi connectivity index (χ1) is 4.33. The van der Waals surface area contributed by atoms with E-state index in [9.17, 15) is 0 Å². The molecule has 0 bridgehead atoms. The maximum Gasteiger partial charge on any atom is 0 e. The van der Waals surface area contributed by atoms with Gasteiger partial charge in [0.15, 0.2) is 0 Å². The second kappa shape index (κ2) is 4.81. The third kappa shape index (κ3) is 2.76. The van der Waals surface area contributed by atoms with E-state index in [-0.39, 0.29) is 32.7 Å². The fourth-order valence-corrected chi connectivity index (χ4v) is 0.618. The predicted octanol–water partition coefficient (Wildman–Crippen LogP) is 2.24. The Balaban J connectivity index is 0.000000810. The van der Waals surface area contributed by atoms with E-state index in [1.807, 2.05) is 25.1 Å². The molecule has 49 valence electrons. The Hall–Kier alpha value is 0.0639. The summed E-state index contributed by atoms with van der Waals surface area (Å²) in [6.07, 6.45) is 1.54. The fraction of sp³-hybridized carbons (Fsp3) is 0.111. The van der Waals surface area contributed by atoms with Crippen molar-refractivity contribution in [3.8, 4) is 0 Å². The monoisotopic (exact) mass is 205 g/mol. The molecule has 0 heterocycles. The average Bonchev–Trinajstić information content (AvgIpc) is 1.90. The van der Waals surface area contributed by atoms with Crippen LogP contribution in [0, 0.1) is 19.6 Å². The van der Waals surface area contributed by atoms with Gasteiger partial charge in [-0.15, -0.1) is 5.56 Å². The molecular weight excluding hydrogens is 197 g/mol. The molecule has 1 rings (SSSR count). The molecule has 0 saturated carbocycles. The van der Waals surface area contributed by atoms with Crippen LogP contribution in [0.4, 0.5) is 0 Å². The van der Waals surface area contributed by atoms with Gasteiger partial charge in [-0.3, -0.25) is 0 Å². The van der Waals surface area contributed by atoms with E-state index in [1.54, 1.807) is 6.08 Å². The minimum Gasteiger partial charge on any atom is -0.344 e. The van der Waals surface area contributed by atoms with Crippen molar-refractivity contribution in [2.45, 2.75) is 6.92 Å². The van der Waals surface area contributed by atoms with E-state index in [4.69, 9.17) is 6.58 Å². The Morgan fingerprint density at radius 2 is 2.20 bits per heavy atom.